The van der Waals surface area contributed by atoms with E-state index in [1.165, 1.54) is 48.1 Å². The van der Waals surface area contributed by atoms with Gasteiger partial charge in [-0.05, 0) is 55.4 Å². The number of fused-ring (bicyclic) bond motifs is 1. The maximum atomic E-state index is 10.6. The first-order valence-corrected chi connectivity index (χ1v) is 7.92. The van der Waals surface area contributed by atoms with Gasteiger partial charge in [0.05, 0.1) is 0 Å². The molecule has 0 aliphatic heterocycles. The van der Waals surface area contributed by atoms with Crippen molar-refractivity contribution in [2.24, 2.45) is 0 Å². The fourth-order valence-corrected chi connectivity index (χ4v) is 4.13. The highest BCUT2D eigenvalue weighted by atomic mass is 32.1. The Balaban J connectivity index is 1.92. The Hall–Kier alpha value is -1.12. The van der Waals surface area contributed by atoms with E-state index < -0.39 is 6.10 Å². The molecule has 0 saturated heterocycles. The van der Waals surface area contributed by atoms with Gasteiger partial charge in [-0.25, -0.2) is 0 Å². The van der Waals surface area contributed by atoms with Crippen molar-refractivity contribution in [1.29, 1.82) is 0 Å². The van der Waals surface area contributed by atoms with Crippen LogP contribution in [-0.4, -0.2) is 5.11 Å². The lowest BCUT2D eigenvalue weighted by atomic mass is 10.0. The van der Waals surface area contributed by atoms with Crippen LogP contribution in [0.15, 0.2) is 30.3 Å². The third-order valence-electron chi connectivity index (χ3n) is 4.02. The molecule has 1 aliphatic carbocycles. The number of hydrogen-bond acceptors (Lipinski definition) is 2. The second kappa shape index (κ2) is 5.48. The highest BCUT2D eigenvalue weighted by molar-refractivity contribution is 7.12. The van der Waals surface area contributed by atoms with Crippen LogP contribution in [0.3, 0.4) is 0 Å². The molecule has 1 atom stereocenters. The van der Waals surface area contributed by atoms with Crippen molar-refractivity contribution in [3.05, 3.63) is 56.8 Å². The van der Waals surface area contributed by atoms with E-state index in [0.29, 0.717) is 0 Å². The highest BCUT2D eigenvalue weighted by Gasteiger charge is 2.19. The predicted octanol–water partition coefficient (Wildman–Crippen LogP) is 4.41. The zero-order valence-electron chi connectivity index (χ0n) is 11.4. The Kier molecular flexibility index (Phi) is 3.72. The molecule has 0 amide bonds. The molecule has 1 aliphatic rings. The zero-order valence-corrected chi connectivity index (χ0v) is 12.2. The molecule has 100 valence electrons. The van der Waals surface area contributed by atoms with Crippen molar-refractivity contribution >= 4 is 11.3 Å². The summed E-state index contributed by atoms with van der Waals surface area (Å²) < 4.78 is 0. The first-order valence-electron chi connectivity index (χ1n) is 7.11. The highest BCUT2D eigenvalue weighted by Crippen LogP contribution is 2.35. The van der Waals surface area contributed by atoms with Crippen molar-refractivity contribution in [1.82, 2.24) is 0 Å². The minimum absolute atomic E-state index is 0.460. The maximum Gasteiger partial charge on any atom is 0.113 e. The molecule has 1 aromatic carbocycles. The molecular formula is C17H20OS. The SMILES string of the molecule is Cc1ccccc1C(O)c1cc2c(s1)CCCCC2. The van der Waals surface area contributed by atoms with E-state index in [1.807, 2.05) is 29.5 Å². The van der Waals surface area contributed by atoms with Gasteiger partial charge in [-0.1, -0.05) is 30.7 Å². The number of aryl methyl sites for hydroxylation is 3. The van der Waals surface area contributed by atoms with E-state index in [9.17, 15) is 5.11 Å². The zero-order chi connectivity index (χ0) is 13.2. The Bertz CT molecular complexity index is 547. The Labute approximate surface area is 118 Å². The van der Waals surface area contributed by atoms with Crippen LogP contribution in [0.4, 0.5) is 0 Å². The van der Waals surface area contributed by atoms with E-state index in [0.717, 1.165) is 10.4 Å². The molecule has 0 spiro atoms. The van der Waals surface area contributed by atoms with E-state index >= 15 is 0 Å². The van der Waals surface area contributed by atoms with Crippen LogP contribution < -0.4 is 0 Å². The van der Waals surface area contributed by atoms with Gasteiger partial charge in [0, 0.05) is 9.75 Å². The predicted molar refractivity (Wildman–Crippen MR) is 80.8 cm³/mol. The van der Waals surface area contributed by atoms with Gasteiger partial charge in [-0.3, -0.25) is 0 Å². The van der Waals surface area contributed by atoms with Gasteiger partial charge in [0.15, 0.2) is 0 Å². The summed E-state index contributed by atoms with van der Waals surface area (Å²) in [5, 5.41) is 10.6. The van der Waals surface area contributed by atoms with Crippen molar-refractivity contribution < 1.29 is 5.11 Å². The molecule has 0 fully saturated rings. The molecule has 1 heterocycles. The van der Waals surface area contributed by atoms with Crippen LogP contribution in [-0.2, 0) is 12.8 Å². The van der Waals surface area contributed by atoms with Crippen molar-refractivity contribution in [2.45, 2.75) is 45.1 Å². The second-order valence-electron chi connectivity index (χ2n) is 5.42. The van der Waals surface area contributed by atoms with Crippen LogP contribution in [0.1, 0.15) is 51.8 Å². The van der Waals surface area contributed by atoms with Gasteiger partial charge in [0.1, 0.15) is 6.10 Å². The Morgan fingerprint density at radius 1 is 1.11 bits per heavy atom. The Morgan fingerprint density at radius 2 is 1.89 bits per heavy atom. The second-order valence-corrected chi connectivity index (χ2v) is 6.59. The lowest BCUT2D eigenvalue weighted by Crippen LogP contribution is -1.99. The van der Waals surface area contributed by atoms with Crippen LogP contribution in [0.5, 0.6) is 0 Å². The number of rotatable bonds is 2. The van der Waals surface area contributed by atoms with Gasteiger partial charge in [-0.15, -0.1) is 11.3 Å². The summed E-state index contributed by atoms with van der Waals surface area (Å²) in [7, 11) is 0. The molecule has 0 radical (unpaired) electrons. The minimum Gasteiger partial charge on any atom is -0.383 e. The first-order chi connectivity index (χ1) is 9.25. The number of benzene rings is 1. The molecule has 1 nitrogen and oxygen atoms in total. The number of thiophene rings is 1. The third-order valence-corrected chi connectivity index (χ3v) is 5.31. The normalized spacial score (nSPS) is 16.7. The molecule has 2 heteroatoms. The fraction of sp³-hybridized carbons (Fsp3) is 0.412. The topological polar surface area (TPSA) is 20.2 Å². The largest absolute Gasteiger partial charge is 0.383 e. The van der Waals surface area contributed by atoms with Crippen LogP contribution in [0.25, 0.3) is 0 Å². The summed E-state index contributed by atoms with van der Waals surface area (Å²) in [6.45, 7) is 2.07. The molecule has 1 aromatic heterocycles. The summed E-state index contributed by atoms with van der Waals surface area (Å²) in [6, 6.07) is 10.4. The molecule has 3 rings (SSSR count). The van der Waals surface area contributed by atoms with Crippen LogP contribution >= 0.6 is 11.3 Å². The average Bonchev–Trinajstić information content (AvgIpc) is 2.70. The summed E-state index contributed by atoms with van der Waals surface area (Å²) in [5.41, 5.74) is 3.68. The Morgan fingerprint density at radius 3 is 2.74 bits per heavy atom. The lowest BCUT2D eigenvalue weighted by Gasteiger charge is -2.11. The van der Waals surface area contributed by atoms with E-state index in [1.54, 1.807) is 0 Å². The average molecular weight is 272 g/mol. The van der Waals surface area contributed by atoms with Gasteiger partial charge >= 0.3 is 0 Å². The van der Waals surface area contributed by atoms with Crippen molar-refractivity contribution in [3.63, 3.8) is 0 Å². The molecule has 0 bridgehead atoms. The van der Waals surface area contributed by atoms with Crippen molar-refractivity contribution in [3.8, 4) is 0 Å². The standard InChI is InChI=1S/C17H20OS/c1-12-7-5-6-9-14(12)17(18)16-11-13-8-3-2-4-10-15(13)19-16/h5-7,9,11,17-18H,2-4,8,10H2,1H3. The monoisotopic (exact) mass is 272 g/mol. The van der Waals surface area contributed by atoms with Crippen LogP contribution in [0, 0.1) is 6.92 Å². The van der Waals surface area contributed by atoms with Gasteiger partial charge in [-0.2, -0.15) is 0 Å². The first kappa shape index (κ1) is 12.9. The van der Waals surface area contributed by atoms with Crippen molar-refractivity contribution in [2.75, 3.05) is 0 Å². The van der Waals surface area contributed by atoms with Gasteiger partial charge in [0.2, 0.25) is 0 Å². The van der Waals surface area contributed by atoms with Gasteiger partial charge < -0.3 is 5.11 Å². The molecule has 0 saturated carbocycles. The fourth-order valence-electron chi connectivity index (χ4n) is 2.87. The molecule has 1 unspecified atom stereocenters. The van der Waals surface area contributed by atoms with E-state index in [-0.39, 0.29) is 0 Å². The van der Waals surface area contributed by atoms with E-state index in [2.05, 4.69) is 19.1 Å². The summed E-state index contributed by atoms with van der Waals surface area (Å²) in [5.74, 6) is 0. The summed E-state index contributed by atoms with van der Waals surface area (Å²) >= 11 is 1.81. The molecule has 2 aromatic rings. The number of aliphatic hydroxyl groups excluding tert-OH is 1. The molecule has 19 heavy (non-hydrogen) atoms. The summed E-state index contributed by atoms with van der Waals surface area (Å²) in [6.07, 6.45) is 5.86. The van der Waals surface area contributed by atoms with E-state index in [4.69, 9.17) is 0 Å². The smallest absolute Gasteiger partial charge is 0.113 e. The quantitative estimate of drug-likeness (QED) is 0.803. The number of aliphatic hydroxyl groups is 1. The maximum absolute atomic E-state index is 10.6. The lowest BCUT2D eigenvalue weighted by molar-refractivity contribution is 0.223. The van der Waals surface area contributed by atoms with Crippen LogP contribution in [0.2, 0.25) is 0 Å². The third kappa shape index (κ3) is 2.60. The molecular weight excluding hydrogens is 252 g/mol. The minimum atomic E-state index is -0.460. The summed E-state index contributed by atoms with van der Waals surface area (Å²) in [4.78, 5) is 2.61. The van der Waals surface area contributed by atoms with Gasteiger partial charge in [0.25, 0.3) is 0 Å². The molecule has 1 N–H and O–H groups in total. The number of hydrogen-bond donors (Lipinski definition) is 1.